The molecule has 0 fully saturated rings. The van der Waals surface area contributed by atoms with E-state index in [4.69, 9.17) is 5.73 Å². The number of aromatic nitrogens is 2. The number of nitrogens with two attached hydrogens (primary N) is 1. The largest absolute Gasteiger partial charge is 0.463 e. The molecule has 17 heteroatoms. The highest BCUT2D eigenvalue weighted by molar-refractivity contribution is 6.04. The fourth-order valence-corrected chi connectivity index (χ4v) is 4.46. The zero-order valence-electron chi connectivity index (χ0n) is 26.3. The quantitative estimate of drug-likeness (QED) is 0.175. The van der Waals surface area contributed by atoms with Crippen molar-refractivity contribution < 1.29 is 36.4 Å². The van der Waals surface area contributed by atoms with E-state index in [1.54, 1.807) is 38.1 Å². The molecule has 1 aliphatic rings. The number of nitrogens with zero attached hydrogens (tertiary/aromatic N) is 4. The average Bonchev–Trinajstić information content (AvgIpc) is 3.01. The van der Waals surface area contributed by atoms with Crippen LogP contribution in [0.25, 0.3) is 11.3 Å². The Bertz CT molecular complexity index is 1800. The van der Waals surface area contributed by atoms with Gasteiger partial charge in [-0.05, 0) is 51.5 Å². The monoisotopic (exact) mass is 676 g/mol. The van der Waals surface area contributed by atoms with Crippen molar-refractivity contribution in [1.29, 1.82) is 0 Å². The number of alkyl halides is 5. The molecule has 0 saturated carbocycles. The highest BCUT2D eigenvalue weighted by Gasteiger charge is 2.63. The van der Waals surface area contributed by atoms with Gasteiger partial charge in [-0.25, -0.2) is 9.98 Å². The molecule has 4 rings (SSSR count). The Morgan fingerprint density at radius 3 is 2.27 bits per heavy atom. The summed E-state index contributed by atoms with van der Waals surface area (Å²) in [5, 5.41) is 11.8. The fraction of sp³-hybridized carbons (Fsp3) is 0.355. The van der Waals surface area contributed by atoms with E-state index >= 15 is 0 Å². The van der Waals surface area contributed by atoms with Crippen molar-refractivity contribution >= 4 is 34.9 Å². The summed E-state index contributed by atoms with van der Waals surface area (Å²) in [6, 6.07) is 10.5. The van der Waals surface area contributed by atoms with Crippen LogP contribution < -0.4 is 27.2 Å². The first-order valence-corrected chi connectivity index (χ1v) is 14.6. The standard InChI is InChI=1S/C31H33F5N8O4/c1-16(2)41-26-28(47)44(24(14-39-26)20-9-21(11-22(37)10-20)27(46)42-17(3)4)15-25(45)38-12-18-5-7-19(8-6-18)23-13-40-29(48-43-23)30(32,33)31(34,35)36/h5-11,14,16-17H,12-13,15,37H2,1-4H3,(H,38,45)(H,39,41)(H,42,46). The number of carbonyl (C=O) groups excluding carboxylic acids is 2. The number of aliphatic imine (C=N–C) groups is 1. The molecular formula is C31H33F5N8O4. The molecule has 3 aromatic rings. The Labute approximate surface area is 271 Å². The number of rotatable bonds is 11. The number of nitrogens with one attached hydrogen (secondary N) is 3. The summed E-state index contributed by atoms with van der Waals surface area (Å²) in [6.45, 7) is 6.29. The van der Waals surface area contributed by atoms with E-state index < -0.39 is 42.6 Å². The number of anilines is 2. The van der Waals surface area contributed by atoms with Crippen molar-refractivity contribution in [3.8, 4) is 11.3 Å². The van der Waals surface area contributed by atoms with Crippen molar-refractivity contribution in [3.05, 3.63) is 75.7 Å². The van der Waals surface area contributed by atoms with Crippen molar-refractivity contribution in [2.75, 3.05) is 17.6 Å². The lowest BCUT2D eigenvalue weighted by Gasteiger charge is -2.21. The first-order chi connectivity index (χ1) is 22.5. The van der Waals surface area contributed by atoms with Gasteiger partial charge in [-0.3, -0.25) is 19.0 Å². The summed E-state index contributed by atoms with van der Waals surface area (Å²) in [5.41, 5.74) is 7.63. The highest BCUT2D eigenvalue weighted by atomic mass is 19.4. The van der Waals surface area contributed by atoms with E-state index in [9.17, 15) is 36.3 Å². The minimum Gasteiger partial charge on any atom is -0.399 e. The number of carbonyl (C=O) groups is 2. The number of benzene rings is 2. The van der Waals surface area contributed by atoms with Gasteiger partial charge < -0.3 is 26.5 Å². The topological polar surface area (TPSA) is 165 Å². The summed E-state index contributed by atoms with van der Waals surface area (Å²) < 4.78 is 65.9. The zero-order valence-corrected chi connectivity index (χ0v) is 26.3. The number of nitrogen functional groups attached to an aromatic ring is 1. The molecule has 2 aromatic carbocycles. The molecule has 0 atom stereocenters. The maximum atomic E-state index is 13.5. The first kappa shape index (κ1) is 35.5. The Kier molecular flexibility index (Phi) is 10.5. The fourth-order valence-electron chi connectivity index (χ4n) is 4.46. The number of halogens is 5. The first-order valence-electron chi connectivity index (χ1n) is 14.6. The van der Waals surface area contributed by atoms with Gasteiger partial charge in [-0.15, -0.1) is 0 Å². The number of amides is 2. The van der Waals surface area contributed by atoms with E-state index in [0.29, 0.717) is 16.7 Å². The van der Waals surface area contributed by atoms with Crippen LogP contribution in [0.1, 0.15) is 49.2 Å². The molecule has 0 radical (unpaired) electrons. The minimum atomic E-state index is -5.88. The molecule has 2 heterocycles. The average molecular weight is 677 g/mol. The Morgan fingerprint density at radius 1 is 1.00 bits per heavy atom. The van der Waals surface area contributed by atoms with Gasteiger partial charge >= 0.3 is 18.0 Å². The summed E-state index contributed by atoms with van der Waals surface area (Å²) in [7, 11) is 0. The van der Waals surface area contributed by atoms with Crippen molar-refractivity contribution in [1.82, 2.24) is 20.2 Å². The van der Waals surface area contributed by atoms with Crippen LogP contribution in [-0.4, -0.2) is 63.7 Å². The predicted molar refractivity (Wildman–Crippen MR) is 169 cm³/mol. The summed E-state index contributed by atoms with van der Waals surface area (Å²) in [4.78, 5) is 51.0. The second kappa shape index (κ2) is 14.2. The Balaban J connectivity index is 1.50. The van der Waals surface area contributed by atoms with Crippen LogP contribution in [-0.2, 0) is 22.7 Å². The molecule has 0 unspecified atom stereocenters. The predicted octanol–water partition coefficient (Wildman–Crippen LogP) is 4.10. The van der Waals surface area contributed by atoms with Gasteiger partial charge in [0.1, 0.15) is 12.3 Å². The van der Waals surface area contributed by atoms with E-state index in [-0.39, 0.29) is 53.0 Å². The molecule has 48 heavy (non-hydrogen) atoms. The maximum Gasteiger partial charge on any atom is 0.463 e. The number of hydrogen-bond acceptors (Lipinski definition) is 9. The summed E-state index contributed by atoms with van der Waals surface area (Å²) in [6.07, 6.45) is -4.47. The van der Waals surface area contributed by atoms with Crippen LogP contribution >= 0.6 is 0 Å². The zero-order chi connectivity index (χ0) is 35.4. The molecule has 0 spiro atoms. The van der Waals surface area contributed by atoms with Crippen LogP contribution in [0.4, 0.5) is 33.5 Å². The lowest BCUT2D eigenvalue weighted by molar-refractivity contribution is -0.255. The minimum absolute atomic E-state index is 0.0201. The van der Waals surface area contributed by atoms with Crippen molar-refractivity contribution in [2.24, 2.45) is 10.1 Å². The number of oxime groups is 1. The van der Waals surface area contributed by atoms with Crippen molar-refractivity contribution in [3.63, 3.8) is 0 Å². The van der Waals surface area contributed by atoms with Gasteiger partial charge in [-0.2, -0.15) is 22.0 Å². The van der Waals surface area contributed by atoms with E-state index in [2.05, 4.69) is 35.9 Å². The molecular weight excluding hydrogens is 643 g/mol. The van der Waals surface area contributed by atoms with Gasteiger partial charge in [0.2, 0.25) is 5.91 Å². The van der Waals surface area contributed by atoms with Gasteiger partial charge in [0.05, 0.1) is 18.4 Å². The number of hydrogen-bond donors (Lipinski definition) is 4. The molecule has 12 nitrogen and oxygen atoms in total. The smallest absolute Gasteiger partial charge is 0.399 e. The molecule has 0 bridgehead atoms. The van der Waals surface area contributed by atoms with E-state index in [0.717, 1.165) is 0 Å². The highest BCUT2D eigenvalue weighted by Crippen LogP contribution is 2.37. The second-order valence-corrected chi connectivity index (χ2v) is 11.5. The van der Waals surface area contributed by atoms with E-state index in [1.165, 1.54) is 29.0 Å². The molecule has 256 valence electrons. The SMILES string of the molecule is CC(C)NC(=O)c1cc(N)cc(-c2cnc(NC(C)C)c(=O)n2CC(=O)NCc2ccc(C3=NOC(C(F)(F)C(F)(F)F)=NC3)cc2)c1. The molecule has 1 aliphatic heterocycles. The van der Waals surface area contributed by atoms with Gasteiger partial charge in [0.15, 0.2) is 5.82 Å². The van der Waals surface area contributed by atoms with Gasteiger partial charge in [0, 0.05) is 41.0 Å². The third-order valence-corrected chi connectivity index (χ3v) is 6.73. The Morgan fingerprint density at radius 2 is 1.69 bits per heavy atom. The lowest BCUT2D eigenvalue weighted by Crippen LogP contribution is -2.46. The van der Waals surface area contributed by atoms with Crippen molar-refractivity contribution in [2.45, 2.75) is 65.0 Å². The molecule has 5 N–H and O–H groups in total. The van der Waals surface area contributed by atoms with Gasteiger partial charge in [-0.1, -0.05) is 29.4 Å². The van der Waals surface area contributed by atoms with Crippen LogP contribution in [0, 0.1) is 0 Å². The van der Waals surface area contributed by atoms with E-state index in [1.807, 2.05) is 13.8 Å². The lowest BCUT2D eigenvalue weighted by atomic mass is 10.1. The summed E-state index contributed by atoms with van der Waals surface area (Å²) in [5.74, 6) is -8.00. The normalized spacial score (nSPS) is 13.5. The van der Waals surface area contributed by atoms with Crippen LogP contribution in [0.15, 0.2) is 63.6 Å². The Hall–Kier alpha value is -5.35. The summed E-state index contributed by atoms with van der Waals surface area (Å²) >= 11 is 0. The third kappa shape index (κ3) is 8.32. The second-order valence-electron chi connectivity index (χ2n) is 11.5. The molecule has 0 aliphatic carbocycles. The molecule has 2 amide bonds. The van der Waals surface area contributed by atoms with Crippen LogP contribution in [0.2, 0.25) is 0 Å². The van der Waals surface area contributed by atoms with Crippen LogP contribution in [0.5, 0.6) is 0 Å². The molecule has 1 aromatic heterocycles. The molecule has 0 saturated heterocycles. The third-order valence-electron chi connectivity index (χ3n) is 6.73. The van der Waals surface area contributed by atoms with Gasteiger partial charge in [0.25, 0.3) is 11.5 Å². The van der Waals surface area contributed by atoms with Crippen LogP contribution in [0.3, 0.4) is 0 Å². The maximum absolute atomic E-state index is 13.5.